The van der Waals surface area contributed by atoms with Crippen LogP contribution in [0.4, 0.5) is 4.39 Å². The minimum absolute atomic E-state index is 0.0306. The van der Waals surface area contributed by atoms with Crippen LogP contribution in [0, 0.1) is 5.82 Å². The van der Waals surface area contributed by atoms with Gasteiger partial charge in [0.25, 0.3) is 0 Å². The van der Waals surface area contributed by atoms with Gasteiger partial charge in [0.15, 0.2) is 0 Å². The second-order valence-electron chi connectivity index (χ2n) is 5.75. The minimum Gasteiger partial charge on any atom is -0.326 e. The molecule has 2 N–H and O–H groups in total. The summed E-state index contributed by atoms with van der Waals surface area (Å²) < 4.78 is 14.3. The number of rotatable bonds is 4. The van der Waals surface area contributed by atoms with Crippen molar-refractivity contribution in [2.75, 3.05) is 14.1 Å². The van der Waals surface area contributed by atoms with E-state index in [0.717, 1.165) is 22.9 Å². The summed E-state index contributed by atoms with van der Waals surface area (Å²) in [6.07, 6.45) is 5.44. The highest BCUT2D eigenvalue weighted by atomic mass is 79.9. The van der Waals surface area contributed by atoms with Crippen LogP contribution < -0.4 is 5.73 Å². The Bertz CT molecular complexity index is 442. The third kappa shape index (κ3) is 3.01. The van der Waals surface area contributed by atoms with Crippen molar-refractivity contribution in [3.8, 4) is 0 Å². The fraction of sp³-hybridized carbons (Fsp3) is 0.600. The van der Waals surface area contributed by atoms with E-state index in [1.807, 2.05) is 0 Å². The van der Waals surface area contributed by atoms with E-state index in [4.69, 9.17) is 5.73 Å². The van der Waals surface area contributed by atoms with Gasteiger partial charge in [0.1, 0.15) is 5.82 Å². The predicted molar refractivity (Wildman–Crippen MR) is 80.7 cm³/mol. The van der Waals surface area contributed by atoms with E-state index in [0.29, 0.717) is 6.42 Å². The molecule has 1 atom stereocenters. The molecule has 2 rings (SSSR count). The Morgan fingerprint density at radius 2 is 2.00 bits per heavy atom. The Morgan fingerprint density at radius 1 is 1.37 bits per heavy atom. The summed E-state index contributed by atoms with van der Waals surface area (Å²) in [6, 6.07) is 4.84. The number of hydrogen-bond acceptors (Lipinski definition) is 2. The van der Waals surface area contributed by atoms with E-state index in [1.165, 1.54) is 18.9 Å². The first-order valence-corrected chi connectivity index (χ1v) is 7.62. The largest absolute Gasteiger partial charge is 0.326 e. The van der Waals surface area contributed by atoms with Crippen LogP contribution in [0.1, 0.15) is 31.2 Å². The second-order valence-corrected chi connectivity index (χ2v) is 6.61. The molecule has 1 unspecified atom stereocenters. The van der Waals surface area contributed by atoms with Gasteiger partial charge in [-0.25, -0.2) is 4.39 Å². The highest BCUT2D eigenvalue weighted by Gasteiger charge is 2.41. The standard InChI is InChI=1S/C15H22BrFN2/c1-19(2)15(7-3-4-8-15)14(18)10-11-9-12(17)5-6-13(11)16/h5-6,9,14H,3-4,7-8,10,18H2,1-2H3. The summed E-state index contributed by atoms with van der Waals surface area (Å²) in [7, 11) is 4.21. The number of hydrogen-bond donors (Lipinski definition) is 1. The van der Waals surface area contributed by atoms with Gasteiger partial charge in [-0.2, -0.15) is 0 Å². The van der Waals surface area contributed by atoms with Crippen molar-refractivity contribution < 1.29 is 4.39 Å². The lowest BCUT2D eigenvalue weighted by atomic mass is 9.83. The quantitative estimate of drug-likeness (QED) is 0.918. The van der Waals surface area contributed by atoms with Gasteiger partial charge in [0, 0.05) is 16.1 Å². The molecule has 19 heavy (non-hydrogen) atoms. The third-order valence-electron chi connectivity index (χ3n) is 4.50. The first-order chi connectivity index (χ1) is 8.95. The van der Waals surface area contributed by atoms with Crippen molar-refractivity contribution >= 4 is 15.9 Å². The average molecular weight is 329 g/mol. The van der Waals surface area contributed by atoms with Crippen molar-refractivity contribution in [2.24, 2.45) is 5.73 Å². The molecule has 0 spiro atoms. The van der Waals surface area contributed by atoms with Crippen LogP contribution in [-0.2, 0) is 6.42 Å². The molecule has 0 radical (unpaired) electrons. The van der Waals surface area contributed by atoms with Crippen molar-refractivity contribution in [1.29, 1.82) is 0 Å². The molecule has 4 heteroatoms. The number of likely N-dealkylation sites (N-methyl/N-ethyl adjacent to an activating group) is 1. The SMILES string of the molecule is CN(C)C1(C(N)Cc2cc(F)ccc2Br)CCCC1. The smallest absolute Gasteiger partial charge is 0.123 e. The van der Waals surface area contributed by atoms with Gasteiger partial charge in [-0.1, -0.05) is 28.8 Å². The molecular formula is C15H22BrFN2. The lowest BCUT2D eigenvalue weighted by Crippen LogP contribution is -2.56. The lowest BCUT2D eigenvalue weighted by molar-refractivity contribution is 0.123. The van der Waals surface area contributed by atoms with Crippen LogP contribution in [0.5, 0.6) is 0 Å². The molecule has 0 amide bonds. The van der Waals surface area contributed by atoms with Gasteiger partial charge in [-0.05, 0) is 57.1 Å². The summed E-state index contributed by atoms with van der Waals surface area (Å²) in [5, 5.41) is 0. The lowest BCUT2D eigenvalue weighted by Gasteiger charge is -2.41. The fourth-order valence-corrected chi connectivity index (χ4v) is 3.67. The molecule has 1 aliphatic carbocycles. The van der Waals surface area contributed by atoms with Crippen molar-refractivity contribution in [1.82, 2.24) is 4.90 Å². The summed E-state index contributed by atoms with van der Waals surface area (Å²) in [6.45, 7) is 0. The zero-order valence-corrected chi connectivity index (χ0v) is 13.2. The normalized spacial score (nSPS) is 19.9. The van der Waals surface area contributed by atoms with Gasteiger partial charge in [0.2, 0.25) is 0 Å². The van der Waals surface area contributed by atoms with E-state index in [2.05, 4.69) is 34.9 Å². The zero-order valence-electron chi connectivity index (χ0n) is 11.6. The monoisotopic (exact) mass is 328 g/mol. The first-order valence-electron chi connectivity index (χ1n) is 6.82. The molecule has 0 aliphatic heterocycles. The molecule has 1 fully saturated rings. The molecule has 106 valence electrons. The third-order valence-corrected chi connectivity index (χ3v) is 5.27. The molecule has 1 aliphatic rings. The summed E-state index contributed by atoms with van der Waals surface area (Å²) in [5.74, 6) is -0.198. The summed E-state index contributed by atoms with van der Waals surface area (Å²) in [4.78, 5) is 2.26. The molecule has 2 nitrogen and oxygen atoms in total. The van der Waals surface area contributed by atoms with Crippen LogP contribution in [-0.4, -0.2) is 30.6 Å². The number of nitrogens with two attached hydrogens (primary N) is 1. The van der Waals surface area contributed by atoms with E-state index >= 15 is 0 Å². The average Bonchev–Trinajstić information content (AvgIpc) is 2.84. The van der Waals surface area contributed by atoms with E-state index in [9.17, 15) is 4.39 Å². The second kappa shape index (κ2) is 5.90. The highest BCUT2D eigenvalue weighted by molar-refractivity contribution is 9.10. The Balaban J connectivity index is 2.19. The van der Waals surface area contributed by atoms with Crippen LogP contribution in [0.25, 0.3) is 0 Å². The van der Waals surface area contributed by atoms with E-state index in [-0.39, 0.29) is 17.4 Å². The maximum Gasteiger partial charge on any atom is 0.123 e. The molecule has 0 bridgehead atoms. The first kappa shape index (κ1) is 14.9. The van der Waals surface area contributed by atoms with E-state index in [1.54, 1.807) is 12.1 Å². The van der Waals surface area contributed by atoms with Crippen LogP contribution in [0.2, 0.25) is 0 Å². The maximum absolute atomic E-state index is 13.4. The molecule has 0 heterocycles. The molecule has 1 aromatic carbocycles. The van der Waals surface area contributed by atoms with Crippen molar-refractivity contribution in [2.45, 2.75) is 43.7 Å². The Hall–Kier alpha value is -0.450. The van der Waals surface area contributed by atoms with Crippen molar-refractivity contribution in [3.05, 3.63) is 34.1 Å². The highest BCUT2D eigenvalue weighted by Crippen LogP contribution is 2.37. The van der Waals surface area contributed by atoms with Crippen molar-refractivity contribution in [3.63, 3.8) is 0 Å². The summed E-state index contributed by atoms with van der Waals surface area (Å²) >= 11 is 3.49. The molecule has 0 aromatic heterocycles. The Morgan fingerprint density at radius 3 is 2.58 bits per heavy atom. The van der Waals surface area contributed by atoms with Gasteiger partial charge < -0.3 is 10.6 Å². The zero-order chi connectivity index (χ0) is 14.0. The van der Waals surface area contributed by atoms with Gasteiger partial charge >= 0.3 is 0 Å². The number of benzene rings is 1. The van der Waals surface area contributed by atoms with Crippen LogP contribution in [0.15, 0.2) is 22.7 Å². The van der Waals surface area contributed by atoms with Gasteiger partial charge in [-0.15, -0.1) is 0 Å². The Kier molecular flexibility index (Phi) is 4.64. The number of nitrogens with zero attached hydrogens (tertiary/aromatic N) is 1. The molecule has 1 saturated carbocycles. The van der Waals surface area contributed by atoms with Crippen LogP contribution in [0.3, 0.4) is 0 Å². The minimum atomic E-state index is -0.198. The predicted octanol–water partition coefficient (Wildman–Crippen LogP) is 3.33. The van der Waals surface area contributed by atoms with Gasteiger partial charge in [0.05, 0.1) is 0 Å². The molecular weight excluding hydrogens is 307 g/mol. The maximum atomic E-state index is 13.4. The summed E-state index contributed by atoms with van der Waals surface area (Å²) in [5.41, 5.74) is 7.50. The molecule has 1 aromatic rings. The van der Waals surface area contributed by atoms with Gasteiger partial charge in [-0.3, -0.25) is 0 Å². The fourth-order valence-electron chi connectivity index (χ4n) is 3.26. The molecule has 0 saturated heterocycles. The topological polar surface area (TPSA) is 29.3 Å². The van der Waals surface area contributed by atoms with Crippen LogP contribution >= 0.6 is 15.9 Å². The number of halogens is 2. The Labute approximate surface area is 123 Å². The van der Waals surface area contributed by atoms with E-state index < -0.39 is 0 Å².